The average molecular weight is 483 g/mol. The molecule has 1 atom stereocenters. The summed E-state index contributed by atoms with van der Waals surface area (Å²) >= 11 is 0. The lowest BCUT2D eigenvalue weighted by Gasteiger charge is -2.18. The molecular weight excluding hydrogens is 440 g/mol. The molecule has 1 aliphatic heterocycles. The van der Waals surface area contributed by atoms with Crippen LogP contribution >= 0.6 is 0 Å². The van der Waals surface area contributed by atoms with Gasteiger partial charge in [0, 0.05) is 30.1 Å². The van der Waals surface area contributed by atoms with Crippen LogP contribution in [0.3, 0.4) is 0 Å². The summed E-state index contributed by atoms with van der Waals surface area (Å²) in [6, 6.07) is 5.97. The first-order valence-electron chi connectivity index (χ1n) is 12.6. The zero-order chi connectivity index (χ0) is 26.5. The Morgan fingerprint density at radius 2 is 1.86 bits per heavy atom. The van der Waals surface area contributed by atoms with Crippen LogP contribution < -0.4 is 4.74 Å². The molecule has 0 bridgehead atoms. The van der Waals surface area contributed by atoms with E-state index in [9.17, 15) is 9.59 Å². The summed E-state index contributed by atoms with van der Waals surface area (Å²) in [5, 5.41) is 1.11. The van der Waals surface area contributed by atoms with Crippen LogP contribution in [-0.2, 0) is 27.3 Å². The number of hydrogen-bond donors (Lipinski definition) is 0. The Balaban J connectivity index is 0.00000145. The highest BCUT2D eigenvalue weighted by atomic mass is 16.5. The van der Waals surface area contributed by atoms with Crippen molar-refractivity contribution in [3.63, 3.8) is 0 Å². The monoisotopic (exact) mass is 482 g/mol. The van der Waals surface area contributed by atoms with E-state index in [1.807, 2.05) is 53.0 Å². The summed E-state index contributed by atoms with van der Waals surface area (Å²) in [7, 11) is 3.71. The second-order valence-corrected chi connectivity index (χ2v) is 7.85. The van der Waals surface area contributed by atoms with E-state index >= 15 is 0 Å². The Labute approximate surface area is 211 Å². The maximum Gasteiger partial charge on any atom is 0.293 e. The number of benzene rings is 1. The van der Waals surface area contributed by atoms with Crippen LogP contribution in [0.2, 0.25) is 0 Å². The molecule has 1 unspecified atom stereocenters. The van der Waals surface area contributed by atoms with Crippen molar-refractivity contribution in [3.05, 3.63) is 52.2 Å². The molecule has 0 saturated carbocycles. The highest BCUT2D eigenvalue weighted by Crippen LogP contribution is 2.38. The minimum atomic E-state index is -0.0296. The van der Waals surface area contributed by atoms with Crippen molar-refractivity contribution in [3.8, 4) is 5.75 Å². The van der Waals surface area contributed by atoms with Gasteiger partial charge in [-0.15, -0.1) is 0 Å². The molecule has 1 aromatic carbocycles. The lowest BCUT2D eigenvalue weighted by Crippen LogP contribution is -2.11. The largest absolute Gasteiger partial charge is 0.497 e. The van der Waals surface area contributed by atoms with Gasteiger partial charge in [-0.2, -0.15) is 0 Å². The second-order valence-electron chi connectivity index (χ2n) is 7.85. The van der Waals surface area contributed by atoms with Gasteiger partial charge >= 0.3 is 0 Å². The molecule has 6 heteroatoms. The van der Waals surface area contributed by atoms with Gasteiger partial charge in [0.15, 0.2) is 0 Å². The number of allylic oxidation sites excluding steroid dienone is 2. The number of ether oxygens (including phenoxy) is 2. The highest BCUT2D eigenvalue weighted by molar-refractivity contribution is 5.89. The van der Waals surface area contributed by atoms with Crippen LogP contribution in [0, 0.1) is 5.92 Å². The first-order chi connectivity index (χ1) is 17.0. The average Bonchev–Trinajstić information content (AvgIpc) is 3.22. The third-order valence-corrected chi connectivity index (χ3v) is 6.07. The number of fused-ring (bicyclic) bond motifs is 2. The molecule has 1 aromatic heterocycles. The van der Waals surface area contributed by atoms with Crippen molar-refractivity contribution in [1.29, 1.82) is 0 Å². The van der Waals surface area contributed by atoms with Gasteiger partial charge in [0.2, 0.25) is 0 Å². The lowest BCUT2D eigenvalue weighted by molar-refractivity contribution is -0.128. The molecule has 0 aliphatic carbocycles. The van der Waals surface area contributed by atoms with Gasteiger partial charge in [-0.3, -0.25) is 9.59 Å². The van der Waals surface area contributed by atoms with E-state index in [4.69, 9.17) is 14.5 Å². The summed E-state index contributed by atoms with van der Waals surface area (Å²) in [6.07, 6.45) is 4.57. The molecule has 2 aromatic rings. The van der Waals surface area contributed by atoms with E-state index in [0.29, 0.717) is 12.0 Å². The van der Waals surface area contributed by atoms with E-state index < -0.39 is 0 Å². The van der Waals surface area contributed by atoms with Crippen molar-refractivity contribution < 1.29 is 19.1 Å². The molecule has 192 valence electrons. The van der Waals surface area contributed by atoms with Gasteiger partial charge in [-0.1, -0.05) is 48.5 Å². The van der Waals surface area contributed by atoms with Crippen LogP contribution in [-0.4, -0.2) is 43.4 Å². The van der Waals surface area contributed by atoms with E-state index in [2.05, 4.69) is 31.7 Å². The Morgan fingerprint density at radius 3 is 2.40 bits per heavy atom. The first kappa shape index (κ1) is 29.9. The molecule has 2 heterocycles. The topological polar surface area (TPSA) is 68.7 Å². The zero-order valence-electron chi connectivity index (χ0n) is 22.9. The number of methoxy groups -OCH3 is 1. The van der Waals surface area contributed by atoms with Crippen LogP contribution in [0.15, 0.2) is 35.4 Å². The predicted molar refractivity (Wildman–Crippen MR) is 144 cm³/mol. The Morgan fingerprint density at radius 1 is 1.17 bits per heavy atom. The van der Waals surface area contributed by atoms with Crippen LogP contribution in [0.25, 0.3) is 16.6 Å². The molecule has 0 saturated heterocycles. The van der Waals surface area contributed by atoms with Crippen molar-refractivity contribution >= 4 is 29.4 Å². The van der Waals surface area contributed by atoms with Crippen molar-refractivity contribution in [2.75, 3.05) is 20.8 Å². The number of rotatable bonds is 9. The molecular formula is C29H42N2O4. The van der Waals surface area contributed by atoms with Gasteiger partial charge < -0.3 is 14.4 Å². The van der Waals surface area contributed by atoms with Crippen molar-refractivity contribution in [1.82, 2.24) is 9.88 Å². The summed E-state index contributed by atoms with van der Waals surface area (Å²) < 4.78 is 10.3. The maximum atomic E-state index is 11.8. The van der Waals surface area contributed by atoms with Gasteiger partial charge in [0.1, 0.15) is 18.6 Å². The number of hydrogen-bond acceptors (Lipinski definition) is 6. The Bertz CT molecular complexity index is 1060. The fraction of sp³-hybridized carbons (Fsp3) is 0.483. The number of aryl methyl sites for hydroxylation is 1. The van der Waals surface area contributed by atoms with Crippen molar-refractivity contribution in [2.24, 2.45) is 5.92 Å². The SMILES string of the molecule is CC.CC.CCc1c2c(nc3ccc(OC)cc13)/C(=C/C(=C(\C=O)COC=O)C(C)CC)N(C)C2. The number of aromatic nitrogens is 1. The minimum absolute atomic E-state index is 0.0296. The molecule has 6 nitrogen and oxygen atoms in total. The van der Waals surface area contributed by atoms with E-state index in [1.165, 1.54) is 11.1 Å². The van der Waals surface area contributed by atoms with E-state index in [1.54, 1.807) is 7.11 Å². The molecule has 0 radical (unpaired) electrons. The molecule has 0 fully saturated rings. The molecule has 1 aliphatic rings. The Kier molecular flexibility index (Phi) is 12.8. The minimum Gasteiger partial charge on any atom is -0.497 e. The van der Waals surface area contributed by atoms with Gasteiger partial charge in [-0.05, 0) is 54.2 Å². The predicted octanol–water partition coefficient (Wildman–Crippen LogP) is 6.36. The summed E-state index contributed by atoms with van der Waals surface area (Å²) in [6.45, 7) is 15.4. The fourth-order valence-corrected chi connectivity index (χ4v) is 4.17. The third kappa shape index (κ3) is 6.71. The number of pyridine rings is 1. The van der Waals surface area contributed by atoms with Gasteiger partial charge in [-0.25, -0.2) is 4.98 Å². The summed E-state index contributed by atoms with van der Waals surface area (Å²) in [5.74, 6) is 0.953. The fourth-order valence-electron chi connectivity index (χ4n) is 4.17. The number of carbonyl (C=O) groups is 2. The second kappa shape index (κ2) is 15.0. The number of carbonyl (C=O) groups excluding carboxylic acids is 2. The third-order valence-electron chi connectivity index (χ3n) is 6.07. The standard InChI is InChI=1S/C25H30N2O4.2C2H6/c1-6-16(3)20(17(13-28)14-31-15-29)11-24-25-22(12-27(24)4)19(7-2)21-10-18(30-5)8-9-23(21)26-25;2*1-2/h8-11,13,15-16H,6-7,12,14H2,1-5H3;2*1-2H3/b20-17-,24-11-;;. The van der Waals surface area contributed by atoms with Gasteiger partial charge in [0.05, 0.1) is 24.0 Å². The van der Waals surface area contributed by atoms with Gasteiger partial charge in [0.25, 0.3) is 6.47 Å². The van der Waals surface area contributed by atoms with Crippen LogP contribution in [0.1, 0.15) is 71.7 Å². The summed E-state index contributed by atoms with van der Waals surface area (Å²) in [5.41, 5.74) is 6.68. The van der Waals surface area contributed by atoms with E-state index in [-0.39, 0.29) is 12.5 Å². The zero-order valence-corrected chi connectivity index (χ0v) is 22.9. The molecule has 0 amide bonds. The highest BCUT2D eigenvalue weighted by Gasteiger charge is 2.28. The van der Waals surface area contributed by atoms with Crippen LogP contribution in [0.5, 0.6) is 5.75 Å². The van der Waals surface area contributed by atoms with E-state index in [0.717, 1.165) is 59.3 Å². The quantitative estimate of drug-likeness (QED) is 0.306. The molecule has 0 spiro atoms. The summed E-state index contributed by atoms with van der Waals surface area (Å²) in [4.78, 5) is 29.6. The first-order valence-corrected chi connectivity index (χ1v) is 12.6. The lowest BCUT2D eigenvalue weighted by atomic mass is 9.92. The van der Waals surface area contributed by atoms with Crippen molar-refractivity contribution in [2.45, 2.75) is 67.9 Å². The maximum absolute atomic E-state index is 11.8. The number of nitrogens with zero attached hydrogens (tertiary/aromatic N) is 2. The smallest absolute Gasteiger partial charge is 0.293 e. The molecule has 3 rings (SSSR count). The normalized spacial score (nSPS) is 14.7. The molecule has 0 N–H and O–H groups in total. The Hall–Kier alpha value is -3.15. The number of aldehydes is 1. The van der Waals surface area contributed by atoms with Crippen LogP contribution in [0.4, 0.5) is 0 Å². The molecule has 35 heavy (non-hydrogen) atoms.